The number of nitrogens with zero attached hydrogens (tertiary/aromatic N) is 1. The van der Waals surface area contributed by atoms with Gasteiger partial charge in [-0.15, -0.1) is 0 Å². The molecule has 0 aliphatic rings. The molecule has 96 valence electrons. The topological polar surface area (TPSA) is 33.1 Å². The number of aliphatic hydroxyl groups is 1. The lowest BCUT2D eigenvalue weighted by molar-refractivity contribution is 0.399. The minimum Gasteiger partial charge on any atom is -0.400 e. The summed E-state index contributed by atoms with van der Waals surface area (Å²) in [5.41, 5.74) is 2.17. The quantitative estimate of drug-likeness (QED) is 0.818. The maximum absolute atomic E-state index is 7.00. The molecule has 2 aromatic rings. The lowest BCUT2D eigenvalue weighted by Crippen LogP contribution is -1.90. The number of aromatic nitrogens is 1. The summed E-state index contributed by atoms with van der Waals surface area (Å²) in [6, 6.07) is 9.47. The van der Waals surface area contributed by atoms with E-state index in [9.17, 15) is 0 Å². The van der Waals surface area contributed by atoms with Crippen LogP contribution in [0.2, 0.25) is 10.0 Å². The van der Waals surface area contributed by atoms with Gasteiger partial charge in [-0.3, -0.25) is 0 Å². The highest BCUT2D eigenvalue weighted by Crippen LogP contribution is 2.23. The maximum Gasteiger partial charge on any atom is 0.106 e. The van der Waals surface area contributed by atoms with Crippen molar-refractivity contribution in [3.05, 3.63) is 62.3 Å². The molecule has 0 radical (unpaired) electrons. The lowest BCUT2D eigenvalue weighted by atomic mass is 10.1. The number of halogens is 3. The van der Waals surface area contributed by atoms with Crippen LogP contribution in [0.1, 0.15) is 11.1 Å². The van der Waals surface area contributed by atoms with Crippen molar-refractivity contribution in [2.45, 2.75) is 6.42 Å². The van der Waals surface area contributed by atoms with Gasteiger partial charge in [-0.2, -0.15) is 0 Å². The Hall–Kier alpha value is -0.610. The molecule has 0 fully saturated rings. The van der Waals surface area contributed by atoms with Crippen molar-refractivity contribution in [1.29, 1.82) is 0 Å². The van der Waals surface area contributed by atoms with Gasteiger partial charge in [0.25, 0.3) is 0 Å². The molecule has 5 heteroatoms. The number of rotatable bonds is 2. The SMILES string of the molecule is CO.Clc1ccc(Cc2ccc(Br)nc2)c(Cl)c1. The zero-order chi connectivity index (χ0) is 13.5. The minimum absolute atomic E-state index is 0.655. The van der Waals surface area contributed by atoms with E-state index in [0.29, 0.717) is 10.0 Å². The van der Waals surface area contributed by atoms with Gasteiger partial charge in [0.1, 0.15) is 4.60 Å². The number of hydrogen-bond donors (Lipinski definition) is 1. The van der Waals surface area contributed by atoms with E-state index in [1.807, 2.05) is 30.5 Å². The molecular weight excluding hydrogens is 337 g/mol. The van der Waals surface area contributed by atoms with Gasteiger partial charge in [0.15, 0.2) is 0 Å². The van der Waals surface area contributed by atoms with Crippen molar-refractivity contribution in [3.63, 3.8) is 0 Å². The second-order valence-electron chi connectivity index (χ2n) is 3.40. The Bertz CT molecular complexity index is 503. The van der Waals surface area contributed by atoms with Crippen LogP contribution in [-0.4, -0.2) is 17.2 Å². The average Bonchev–Trinajstić information content (AvgIpc) is 2.38. The van der Waals surface area contributed by atoms with E-state index in [2.05, 4.69) is 20.9 Å². The largest absolute Gasteiger partial charge is 0.400 e. The normalized spacial score (nSPS) is 9.61. The van der Waals surface area contributed by atoms with Crippen LogP contribution < -0.4 is 0 Å². The van der Waals surface area contributed by atoms with Crippen LogP contribution >= 0.6 is 39.1 Å². The Morgan fingerprint density at radius 1 is 1.17 bits per heavy atom. The number of hydrogen-bond acceptors (Lipinski definition) is 2. The van der Waals surface area contributed by atoms with Crippen molar-refractivity contribution in [1.82, 2.24) is 4.98 Å². The van der Waals surface area contributed by atoms with E-state index in [4.69, 9.17) is 28.3 Å². The highest BCUT2D eigenvalue weighted by Gasteiger charge is 2.03. The molecule has 0 spiro atoms. The third kappa shape index (κ3) is 4.58. The molecule has 2 nitrogen and oxygen atoms in total. The predicted octanol–water partition coefficient (Wildman–Crippen LogP) is 4.35. The highest BCUT2D eigenvalue weighted by molar-refractivity contribution is 9.10. The lowest BCUT2D eigenvalue weighted by Gasteiger charge is -2.04. The molecule has 0 aliphatic carbocycles. The van der Waals surface area contributed by atoms with E-state index < -0.39 is 0 Å². The summed E-state index contributed by atoms with van der Waals surface area (Å²) < 4.78 is 0.832. The molecule has 2 rings (SSSR count). The zero-order valence-electron chi connectivity index (χ0n) is 9.70. The molecule has 18 heavy (non-hydrogen) atoms. The zero-order valence-corrected chi connectivity index (χ0v) is 12.8. The molecule has 1 aromatic heterocycles. The monoisotopic (exact) mass is 347 g/mol. The van der Waals surface area contributed by atoms with E-state index in [-0.39, 0.29) is 0 Å². The molecule has 0 saturated carbocycles. The van der Waals surface area contributed by atoms with Gasteiger partial charge in [0.2, 0.25) is 0 Å². The summed E-state index contributed by atoms with van der Waals surface area (Å²) in [4.78, 5) is 4.17. The first-order valence-corrected chi connectivity index (χ1v) is 6.69. The first-order chi connectivity index (χ1) is 8.65. The molecule has 0 aliphatic heterocycles. The standard InChI is InChI=1S/C12H8BrCl2N.CH4O/c13-12-4-1-8(7-16-12)5-9-2-3-10(14)6-11(9)15;1-2/h1-4,6-7H,5H2;2H,1H3. The van der Waals surface area contributed by atoms with Gasteiger partial charge in [-0.25, -0.2) is 4.98 Å². The van der Waals surface area contributed by atoms with E-state index in [1.54, 1.807) is 6.07 Å². The van der Waals surface area contributed by atoms with Crippen molar-refractivity contribution in [2.24, 2.45) is 0 Å². The van der Waals surface area contributed by atoms with Gasteiger partial charge < -0.3 is 5.11 Å². The Morgan fingerprint density at radius 2 is 1.89 bits per heavy atom. The fourth-order valence-corrected chi connectivity index (χ4v) is 2.11. The van der Waals surface area contributed by atoms with E-state index >= 15 is 0 Å². The highest BCUT2D eigenvalue weighted by atomic mass is 79.9. The molecule has 1 aromatic carbocycles. The molecule has 0 saturated heterocycles. The Labute approximate surface area is 125 Å². The first-order valence-electron chi connectivity index (χ1n) is 5.14. The average molecular weight is 349 g/mol. The van der Waals surface area contributed by atoms with E-state index in [1.165, 1.54) is 0 Å². The van der Waals surface area contributed by atoms with Crippen LogP contribution in [0.4, 0.5) is 0 Å². The molecular formula is C13H12BrCl2NO. The minimum atomic E-state index is 0.655. The van der Waals surface area contributed by atoms with Gasteiger partial charge >= 0.3 is 0 Å². The molecule has 0 atom stereocenters. The Kier molecular flexibility index (Phi) is 6.65. The van der Waals surface area contributed by atoms with Crippen molar-refractivity contribution in [2.75, 3.05) is 7.11 Å². The van der Waals surface area contributed by atoms with Crippen LogP contribution in [0.15, 0.2) is 41.1 Å². The fraction of sp³-hybridized carbons (Fsp3) is 0.154. The van der Waals surface area contributed by atoms with Gasteiger partial charge in [0.05, 0.1) is 0 Å². The maximum atomic E-state index is 7.00. The summed E-state index contributed by atoms with van der Waals surface area (Å²) in [7, 11) is 1.00. The summed E-state index contributed by atoms with van der Waals surface area (Å²) >= 11 is 15.2. The molecule has 1 heterocycles. The van der Waals surface area contributed by atoms with E-state index in [0.717, 1.165) is 29.3 Å². The van der Waals surface area contributed by atoms with Gasteiger partial charge in [-0.1, -0.05) is 35.3 Å². The second kappa shape index (κ2) is 7.74. The van der Waals surface area contributed by atoms with Crippen LogP contribution in [0, 0.1) is 0 Å². The Balaban J connectivity index is 0.000000771. The van der Waals surface area contributed by atoms with Crippen molar-refractivity contribution < 1.29 is 5.11 Å². The third-order valence-corrected chi connectivity index (χ3v) is 3.25. The number of aliphatic hydroxyl groups excluding tert-OH is 1. The van der Waals surface area contributed by atoms with Crippen molar-refractivity contribution in [3.8, 4) is 0 Å². The van der Waals surface area contributed by atoms with Crippen LogP contribution in [0.3, 0.4) is 0 Å². The molecule has 0 amide bonds. The number of pyridine rings is 1. The first kappa shape index (κ1) is 15.4. The van der Waals surface area contributed by atoms with Crippen LogP contribution in [0.25, 0.3) is 0 Å². The smallest absolute Gasteiger partial charge is 0.106 e. The second-order valence-corrected chi connectivity index (χ2v) is 5.06. The Morgan fingerprint density at radius 3 is 2.44 bits per heavy atom. The summed E-state index contributed by atoms with van der Waals surface area (Å²) in [5, 5.41) is 8.35. The van der Waals surface area contributed by atoms with Crippen LogP contribution in [0.5, 0.6) is 0 Å². The predicted molar refractivity (Wildman–Crippen MR) is 79.3 cm³/mol. The fourth-order valence-electron chi connectivity index (χ4n) is 1.40. The summed E-state index contributed by atoms with van der Waals surface area (Å²) in [6.07, 6.45) is 2.59. The molecule has 1 N–H and O–H groups in total. The molecule has 0 bridgehead atoms. The third-order valence-electron chi connectivity index (χ3n) is 2.20. The van der Waals surface area contributed by atoms with Gasteiger partial charge in [-0.05, 0) is 45.3 Å². The number of benzene rings is 1. The summed E-state index contributed by atoms with van der Waals surface area (Å²) in [5.74, 6) is 0. The summed E-state index contributed by atoms with van der Waals surface area (Å²) in [6.45, 7) is 0. The van der Waals surface area contributed by atoms with Crippen molar-refractivity contribution >= 4 is 39.1 Å². The molecule has 0 unspecified atom stereocenters. The van der Waals surface area contributed by atoms with Gasteiger partial charge in [0, 0.05) is 29.8 Å². The van der Waals surface area contributed by atoms with Crippen LogP contribution in [-0.2, 0) is 6.42 Å².